The Morgan fingerprint density at radius 2 is 1.92 bits per heavy atom. The highest BCUT2D eigenvalue weighted by Gasteiger charge is 2.09. The van der Waals surface area contributed by atoms with Crippen molar-refractivity contribution in [1.82, 2.24) is 10.3 Å². The van der Waals surface area contributed by atoms with E-state index in [0.717, 1.165) is 21.9 Å². The molecule has 1 N–H and O–H groups in total. The van der Waals surface area contributed by atoms with Crippen LogP contribution >= 0.6 is 11.6 Å². The van der Waals surface area contributed by atoms with Crippen LogP contribution in [-0.2, 0) is 4.79 Å². The van der Waals surface area contributed by atoms with E-state index in [1.807, 2.05) is 42.5 Å². The monoisotopic (exact) mass is 356 g/mol. The number of ether oxygens (including phenoxy) is 2. The molecule has 1 amide bonds. The molecule has 0 atom stereocenters. The predicted molar refractivity (Wildman–Crippen MR) is 98.3 cm³/mol. The van der Waals surface area contributed by atoms with Crippen LogP contribution in [0.4, 0.5) is 0 Å². The van der Waals surface area contributed by atoms with Gasteiger partial charge in [0.25, 0.3) is 5.91 Å². The molecule has 0 bridgehead atoms. The third kappa shape index (κ3) is 3.83. The van der Waals surface area contributed by atoms with Gasteiger partial charge in [0, 0.05) is 18.8 Å². The van der Waals surface area contributed by atoms with Crippen molar-refractivity contribution in [3.8, 4) is 22.8 Å². The maximum atomic E-state index is 11.3. The van der Waals surface area contributed by atoms with Crippen LogP contribution < -0.4 is 14.8 Å². The number of rotatable bonds is 5. The zero-order valence-electron chi connectivity index (χ0n) is 13.9. The molecule has 0 aliphatic heterocycles. The summed E-state index contributed by atoms with van der Waals surface area (Å²) in [4.78, 5) is 15.5. The van der Waals surface area contributed by atoms with Crippen LogP contribution in [0.1, 0.15) is 0 Å². The van der Waals surface area contributed by atoms with Gasteiger partial charge < -0.3 is 14.8 Å². The first-order valence-electron chi connectivity index (χ1n) is 7.68. The second-order valence-electron chi connectivity index (χ2n) is 5.40. The maximum Gasteiger partial charge on any atom is 0.257 e. The topological polar surface area (TPSA) is 60.5 Å². The van der Waals surface area contributed by atoms with Crippen LogP contribution in [0.25, 0.3) is 21.9 Å². The summed E-state index contributed by atoms with van der Waals surface area (Å²) in [7, 11) is 3.16. The highest BCUT2D eigenvalue weighted by molar-refractivity contribution is 6.30. The molecule has 3 rings (SSSR count). The first-order valence-corrected chi connectivity index (χ1v) is 8.05. The van der Waals surface area contributed by atoms with Crippen LogP contribution in [0.3, 0.4) is 0 Å². The van der Waals surface area contributed by atoms with Crippen molar-refractivity contribution < 1.29 is 14.3 Å². The van der Waals surface area contributed by atoms with Crippen LogP contribution in [0, 0.1) is 0 Å². The first-order chi connectivity index (χ1) is 12.1. The number of fused-ring (bicyclic) bond motifs is 1. The number of amides is 1. The fourth-order valence-electron chi connectivity index (χ4n) is 2.50. The summed E-state index contributed by atoms with van der Waals surface area (Å²) in [5.41, 5.74) is 1.79. The Labute approximate surface area is 150 Å². The highest BCUT2D eigenvalue weighted by Crippen LogP contribution is 2.33. The van der Waals surface area contributed by atoms with Gasteiger partial charge in [-0.05, 0) is 40.6 Å². The molecule has 0 saturated heterocycles. The zero-order chi connectivity index (χ0) is 17.8. The van der Waals surface area contributed by atoms with Crippen molar-refractivity contribution in [3.05, 3.63) is 53.7 Å². The largest absolute Gasteiger partial charge is 0.484 e. The standard InChI is InChI=1S/C19H17ClN2O3/c1-21-18(23)11-25-16-6-5-12-7-14(4-3-13(12)8-16)17-9-15(20)10-22-19(17)24-2/h3-10H,11H2,1-2H3,(H,21,23). The molecule has 25 heavy (non-hydrogen) atoms. The predicted octanol–water partition coefficient (Wildman–Crippen LogP) is 3.69. The van der Waals surface area contributed by atoms with Gasteiger partial charge in [0.15, 0.2) is 6.61 Å². The Bertz CT molecular complexity index is 928. The van der Waals surface area contributed by atoms with Gasteiger partial charge in [0.05, 0.1) is 12.1 Å². The number of carbonyl (C=O) groups excluding carboxylic acids is 1. The molecule has 0 spiro atoms. The number of methoxy groups -OCH3 is 1. The van der Waals surface area contributed by atoms with Crippen molar-refractivity contribution in [1.29, 1.82) is 0 Å². The van der Waals surface area contributed by atoms with E-state index in [4.69, 9.17) is 21.1 Å². The highest BCUT2D eigenvalue weighted by atomic mass is 35.5. The number of hydrogen-bond acceptors (Lipinski definition) is 4. The van der Waals surface area contributed by atoms with E-state index >= 15 is 0 Å². The fraction of sp³-hybridized carbons (Fsp3) is 0.158. The summed E-state index contributed by atoms with van der Waals surface area (Å²) in [5.74, 6) is 0.996. The van der Waals surface area contributed by atoms with E-state index in [2.05, 4.69) is 10.3 Å². The van der Waals surface area contributed by atoms with Gasteiger partial charge in [-0.1, -0.05) is 29.8 Å². The summed E-state index contributed by atoms with van der Waals surface area (Å²) in [6, 6.07) is 13.5. The normalized spacial score (nSPS) is 10.5. The average molecular weight is 357 g/mol. The van der Waals surface area contributed by atoms with E-state index in [1.165, 1.54) is 0 Å². The van der Waals surface area contributed by atoms with Crippen molar-refractivity contribution in [2.24, 2.45) is 0 Å². The van der Waals surface area contributed by atoms with E-state index in [9.17, 15) is 4.79 Å². The number of pyridine rings is 1. The van der Waals surface area contributed by atoms with E-state index in [1.54, 1.807) is 20.4 Å². The fourth-order valence-corrected chi connectivity index (χ4v) is 2.66. The molecule has 5 nitrogen and oxygen atoms in total. The van der Waals surface area contributed by atoms with Gasteiger partial charge in [-0.3, -0.25) is 4.79 Å². The van der Waals surface area contributed by atoms with E-state index in [0.29, 0.717) is 16.7 Å². The van der Waals surface area contributed by atoms with Crippen molar-refractivity contribution in [3.63, 3.8) is 0 Å². The lowest BCUT2D eigenvalue weighted by atomic mass is 10.0. The van der Waals surface area contributed by atoms with Gasteiger partial charge in [-0.25, -0.2) is 4.98 Å². The van der Waals surface area contributed by atoms with Crippen LogP contribution in [0.15, 0.2) is 48.7 Å². The number of nitrogens with one attached hydrogen (secondary N) is 1. The number of halogens is 1. The maximum absolute atomic E-state index is 11.3. The van der Waals surface area contributed by atoms with Gasteiger partial charge in [-0.15, -0.1) is 0 Å². The molecular weight excluding hydrogens is 340 g/mol. The van der Waals surface area contributed by atoms with E-state index in [-0.39, 0.29) is 12.5 Å². The molecule has 0 unspecified atom stereocenters. The number of likely N-dealkylation sites (N-methyl/N-ethyl adjacent to an activating group) is 1. The van der Waals surface area contributed by atoms with Crippen LogP contribution in [0.5, 0.6) is 11.6 Å². The van der Waals surface area contributed by atoms with E-state index < -0.39 is 0 Å². The Balaban J connectivity index is 1.93. The molecule has 0 radical (unpaired) electrons. The minimum absolute atomic E-state index is 0.00846. The molecule has 0 aliphatic rings. The zero-order valence-corrected chi connectivity index (χ0v) is 14.6. The minimum atomic E-state index is -0.170. The number of hydrogen-bond donors (Lipinski definition) is 1. The molecule has 1 heterocycles. The average Bonchev–Trinajstić information content (AvgIpc) is 2.65. The molecule has 0 saturated carbocycles. The minimum Gasteiger partial charge on any atom is -0.484 e. The van der Waals surface area contributed by atoms with Crippen molar-refractivity contribution >= 4 is 28.3 Å². The molecule has 3 aromatic rings. The summed E-state index contributed by atoms with van der Waals surface area (Å²) >= 11 is 6.07. The molecule has 0 fully saturated rings. The lowest BCUT2D eigenvalue weighted by Crippen LogP contribution is -2.24. The van der Waals surface area contributed by atoms with Crippen LogP contribution in [-0.4, -0.2) is 31.7 Å². The summed E-state index contributed by atoms with van der Waals surface area (Å²) in [6.45, 7) is -0.00846. The molecule has 2 aromatic carbocycles. The van der Waals surface area contributed by atoms with Gasteiger partial charge in [0.2, 0.25) is 5.88 Å². The number of carbonyl (C=O) groups is 1. The van der Waals surface area contributed by atoms with Gasteiger partial charge in [-0.2, -0.15) is 0 Å². The lowest BCUT2D eigenvalue weighted by molar-refractivity contribution is -0.122. The number of nitrogens with zero attached hydrogens (tertiary/aromatic N) is 1. The number of benzene rings is 2. The SMILES string of the molecule is CNC(=O)COc1ccc2cc(-c3cc(Cl)cnc3OC)ccc2c1. The Kier molecular flexibility index (Phi) is 5.05. The third-order valence-corrected chi connectivity index (χ3v) is 3.99. The second-order valence-corrected chi connectivity index (χ2v) is 5.83. The first kappa shape index (κ1) is 17.0. The quantitative estimate of drug-likeness (QED) is 0.757. The number of aromatic nitrogens is 1. The summed E-state index contributed by atoms with van der Waals surface area (Å²) in [5, 5.41) is 5.11. The Hall–Kier alpha value is -2.79. The van der Waals surface area contributed by atoms with Gasteiger partial charge in [0.1, 0.15) is 5.75 Å². The summed E-state index contributed by atoms with van der Waals surface area (Å²) in [6.07, 6.45) is 1.56. The van der Waals surface area contributed by atoms with Crippen molar-refractivity contribution in [2.75, 3.05) is 20.8 Å². The lowest BCUT2D eigenvalue weighted by Gasteiger charge is -2.10. The Morgan fingerprint density at radius 3 is 2.68 bits per heavy atom. The molecule has 0 aliphatic carbocycles. The smallest absolute Gasteiger partial charge is 0.257 e. The summed E-state index contributed by atoms with van der Waals surface area (Å²) < 4.78 is 10.8. The van der Waals surface area contributed by atoms with Crippen LogP contribution in [0.2, 0.25) is 5.02 Å². The van der Waals surface area contributed by atoms with Gasteiger partial charge >= 0.3 is 0 Å². The molecule has 6 heteroatoms. The Morgan fingerprint density at radius 1 is 1.16 bits per heavy atom. The molecular formula is C19H17ClN2O3. The van der Waals surface area contributed by atoms with Crippen molar-refractivity contribution in [2.45, 2.75) is 0 Å². The molecule has 1 aromatic heterocycles. The second kappa shape index (κ2) is 7.40. The molecule has 128 valence electrons. The third-order valence-electron chi connectivity index (χ3n) is 3.78.